The minimum absolute atomic E-state index is 0.0968. The van der Waals surface area contributed by atoms with Crippen LogP contribution in [0.5, 0.6) is 0 Å². The van der Waals surface area contributed by atoms with Crippen LogP contribution in [0.3, 0.4) is 0 Å². The second-order valence-electron chi connectivity index (χ2n) is 7.29. The first-order chi connectivity index (χ1) is 13.6. The highest BCUT2D eigenvalue weighted by molar-refractivity contribution is 7.89. The first kappa shape index (κ1) is 19.1. The molecule has 0 aliphatic carbocycles. The molecule has 1 amide bonds. The van der Waals surface area contributed by atoms with Crippen molar-refractivity contribution in [1.82, 2.24) is 24.4 Å². The molecule has 2 aliphatic rings. The van der Waals surface area contributed by atoms with Gasteiger partial charge < -0.3 is 9.74 Å². The van der Waals surface area contributed by atoms with Crippen LogP contribution in [0.4, 0.5) is 0 Å². The number of sulfonamides is 1. The van der Waals surface area contributed by atoms with E-state index in [1.807, 2.05) is 0 Å². The third kappa shape index (κ3) is 3.83. The predicted octanol–water partition coefficient (Wildman–Crippen LogP) is 1.05. The summed E-state index contributed by atoms with van der Waals surface area (Å²) in [4.78, 5) is 21.0. The summed E-state index contributed by atoms with van der Waals surface area (Å²) in [7, 11) is -3.56. The lowest BCUT2D eigenvalue weighted by atomic mass is 10.1. The summed E-state index contributed by atoms with van der Waals surface area (Å²) in [6.45, 7) is 2.43. The maximum atomic E-state index is 12.9. The molecule has 10 heteroatoms. The number of carbonyl (C=O) groups is 1. The molecule has 0 bridgehead atoms. The molecule has 2 aliphatic heterocycles. The number of hydrogen-bond acceptors (Lipinski definition) is 6. The van der Waals surface area contributed by atoms with Gasteiger partial charge in [-0.3, -0.25) is 4.79 Å². The number of aromatic nitrogens is 3. The van der Waals surface area contributed by atoms with Gasteiger partial charge in [-0.1, -0.05) is 11.3 Å². The molecule has 1 aromatic heterocycles. The van der Waals surface area contributed by atoms with Gasteiger partial charge in [-0.15, -0.1) is 5.10 Å². The van der Waals surface area contributed by atoms with Crippen molar-refractivity contribution >= 4 is 27.0 Å². The van der Waals surface area contributed by atoms with E-state index >= 15 is 0 Å². The van der Waals surface area contributed by atoms with Gasteiger partial charge in [-0.05, 0) is 55.5 Å². The van der Waals surface area contributed by atoms with Crippen LogP contribution in [0.25, 0.3) is 11.0 Å². The number of fused-ring (bicyclic) bond motifs is 1. The van der Waals surface area contributed by atoms with Crippen LogP contribution in [-0.4, -0.2) is 71.5 Å². The van der Waals surface area contributed by atoms with Crippen LogP contribution in [0.1, 0.15) is 38.5 Å². The van der Waals surface area contributed by atoms with Crippen LogP contribution in [0.2, 0.25) is 0 Å². The largest absolute Gasteiger partial charge is 0.385 e. The molecule has 3 heterocycles. The monoisotopic (exact) mass is 407 g/mol. The second-order valence-corrected chi connectivity index (χ2v) is 9.23. The summed E-state index contributed by atoms with van der Waals surface area (Å²) in [5.74, 6) is -0.0968. The summed E-state index contributed by atoms with van der Waals surface area (Å²) in [6.07, 6.45) is 5.98. The molecule has 0 atom stereocenters. The number of likely N-dealkylation sites (tertiary alicyclic amines) is 1. The minimum atomic E-state index is -3.56. The molecule has 0 radical (unpaired) electrons. The van der Waals surface area contributed by atoms with E-state index in [0.29, 0.717) is 24.1 Å². The van der Waals surface area contributed by atoms with Crippen molar-refractivity contribution in [2.45, 2.75) is 43.4 Å². The Morgan fingerprint density at radius 1 is 1.00 bits per heavy atom. The molecule has 0 unspecified atom stereocenters. The fourth-order valence-electron chi connectivity index (χ4n) is 3.74. The zero-order valence-corrected chi connectivity index (χ0v) is 16.6. The minimum Gasteiger partial charge on any atom is -0.385 e. The maximum Gasteiger partial charge on any atom is 0.263 e. The molecule has 0 N–H and O–H groups in total. The SMILES string of the molecule is O=C(COn1nnc2ccc(S(=O)(=O)N3CCCCC3)cc21)N1CCCCC1. The van der Waals surface area contributed by atoms with E-state index in [9.17, 15) is 13.2 Å². The lowest BCUT2D eigenvalue weighted by Crippen LogP contribution is -2.40. The average molecular weight is 407 g/mol. The molecule has 0 saturated carbocycles. The van der Waals surface area contributed by atoms with Crippen LogP contribution >= 0.6 is 0 Å². The number of nitrogens with zero attached hydrogens (tertiary/aromatic N) is 5. The summed E-state index contributed by atoms with van der Waals surface area (Å²) in [6, 6.07) is 4.68. The Hall–Kier alpha value is -2.20. The van der Waals surface area contributed by atoms with E-state index in [4.69, 9.17) is 4.84 Å². The number of amides is 1. The summed E-state index contributed by atoms with van der Waals surface area (Å²) in [5.41, 5.74) is 0.951. The third-order valence-electron chi connectivity index (χ3n) is 5.36. The van der Waals surface area contributed by atoms with Crippen molar-refractivity contribution in [3.05, 3.63) is 18.2 Å². The highest BCUT2D eigenvalue weighted by atomic mass is 32.2. The van der Waals surface area contributed by atoms with Gasteiger partial charge in [-0.2, -0.15) is 4.31 Å². The topological polar surface area (TPSA) is 97.6 Å². The van der Waals surface area contributed by atoms with Gasteiger partial charge in [0.1, 0.15) is 11.0 Å². The van der Waals surface area contributed by atoms with Crippen molar-refractivity contribution in [3.63, 3.8) is 0 Å². The highest BCUT2D eigenvalue weighted by Gasteiger charge is 2.27. The maximum absolute atomic E-state index is 12.9. The lowest BCUT2D eigenvalue weighted by molar-refractivity contribution is -0.137. The number of hydrogen-bond donors (Lipinski definition) is 0. The molecule has 9 nitrogen and oxygen atoms in total. The van der Waals surface area contributed by atoms with E-state index < -0.39 is 10.0 Å². The molecular formula is C18H25N5O4S. The van der Waals surface area contributed by atoms with Crippen molar-refractivity contribution in [2.24, 2.45) is 0 Å². The Bertz CT molecular complexity index is 946. The Kier molecular flexibility index (Phi) is 5.49. The molecular weight excluding hydrogens is 382 g/mol. The Morgan fingerprint density at radius 3 is 2.39 bits per heavy atom. The van der Waals surface area contributed by atoms with Gasteiger partial charge in [-0.25, -0.2) is 8.42 Å². The molecule has 1 aromatic carbocycles. The molecule has 152 valence electrons. The lowest BCUT2D eigenvalue weighted by Gasteiger charge is -2.26. The number of carbonyl (C=O) groups excluding carboxylic acids is 1. The van der Waals surface area contributed by atoms with Crippen molar-refractivity contribution in [1.29, 1.82) is 0 Å². The zero-order valence-electron chi connectivity index (χ0n) is 15.8. The molecule has 0 spiro atoms. The standard InChI is InChI=1S/C18H25N5O4S/c24-18(21-9-3-1-4-10-21)14-27-23-17-13-15(7-8-16(17)19-20-23)28(25,26)22-11-5-2-6-12-22/h7-8,13H,1-6,9-12,14H2. The smallest absolute Gasteiger partial charge is 0.263 e. The average Bonchev–Trinajstić information content (AvgIpc) is 3.15. The highest BCUT2D eigenvalue weighted by Crippen LogP contribution is 2.23. The van der Waals surface area contributed by atoms with Gasteiger partial charge in [0.25, 0.3) is 5.91 Å². The summed E-state index contributed by atoms with van der Waals surface area (Å²) < 4.78 is 27.3. The normalized spacial score (nSPS) is 19.1. The molecule has 2 aromatic rings. The van der Waals surface area contributed by atoms with Crippen molar-refractivity contribution in [3.8, 4) is 0 Å². The molecule has 2 fully saturated rings. The van der Waals surface area contributed by atoms with Gasteiger partial charge in [0.15, 0.2) is 6.61 Å². The third-order valence-corrected chi connectivity index (χ3v) is 7.25. The summed E-state index contributed by atoms with van der Waals surface area (Å²) >= 11 is 0. The van der Waals surface area contributed by atoms with E-state index in [1.165, 1.54) is 10.4 Å². The van der Waals surface area contributed by atoms with Crippen LogP contribution in [-0.2, 0) is 14.8 Å². The quantitative estimate of drug-likeness (QED) is 0.735. The first-order valence-corrected chi connectivity index (χ1v) is 11.3. The first-order valence-electron chi connectivity index (χ1n) is 9.82. The molecule has 4 rings (SSSR count). The Balaban J connectivity index is 1.52. The van der Waals surface area contributed by atoms with E-state index in [-0.39, 0.29) is 17.4 Å². The fraction of sp³-hybridized carbons (Fsp3) is 0.611. The van der Waals surface area contributed by atoms with Gasteiger partial charge in [0.05, 0.1) is 4.90 Å². The van der Waals surface area contributed by atoms with E-state index in [0.717, 1.165) is 56.5 Å². The Morgan fingerprint density at radius 2 is 1.68 bits per heavy atom. The van der Waals surface area contributed by atoms with Crippen LogP contribution in [0, 0.1) is 0 Å². The van der Waals surface area contributed by atoms with E-state index in [1.54, 1.807) is 17.0 Å². The van der Waals surface area contributed by atoms with E-state index in [2.05, 4.69) is 10.3 Å². The number of rotatable bonds is 5. The van der Waals surface area contributed by atoms with Crippen LogP contribution in [0.15, 0.2) is 23.1 Å². The molecule has 28 heavy (non-hydrogen) atoms. The number of piperidine rings is 2. The van der Waals surface area contributed by atoms with Gasteiger partial charge >= 0.3 is 0 Å². The zero-order chi connectivity index (χ0) is 19.6. The Labute approximate surface area is 164 Å². The number of benzene rings is 1. The second kappa shape index (κ2) is 8.04. The van der Waals surface area contributed by atoms with Crippen LogP contribution < -0.4 is 4.84 Å². The molecule has 2 saturated heterocycles. The van der Waals surface area contributed by atoms with Gasteiger partial charge in [0, 0.05) is 26.2 Å². The van der Waals surface area contributed by atoms with Crippen molar-refractivity contribution < 1.29 is 18.0 Å². The van der Waals surface area contributed by atoms with Gasteiger partial charge in [0.2, 0.25) is 10.0 Å². The summed E-state index contributed by atoms with van der Waals surface area (Å²) in [5, 5.41) is 7.91. The fourth-order valence-corrected chi connectivity index (χ4v) is 5.28. The van der Waals surface area contributed by atoms with Crippen molar-refractivity contribution in [2.75, 3.05) is 32.8 Å². The predicted molar refractivity (Wildman–Crippen MR) is 102 cm³/mol.